The number of methoxy groups -OCH3 is 1. The second-order valence-corrected chi connectivity index (χ2v) is 9.65. The van der Waals surface area contributed by atoms with E-state index in [-0.39, 0.29) is 11.7 Å². The standard InChI is InChI=1S/C28H26FN5O2S/c1-17-7-6-9-21(15-17)31-26(35)24-18(2)30-27-32-28(37-16-20-8-4-5-10-23(20)29)33-34(27)25(24)19-11-13-22(36-3)14-12-19/h4-15,25H,16H2,1-3H3,(H,31,35)(H,30,32,33). The molecule has 2 N–H and O–H groups in total. The summed E-state index contributed by atoms with van der Waals surface area (Å²) in [6.45, 7) is 3.83. The highest BCUT2D eigenvalue weighted by molar-refractivity contribution is 7.98. The summed E-state index contributed by atoms with van der Waals surface area (Å²) in [5, 5.41) is 11.5. The van der Waals surface area contributed by atoms with Gasteiger partial charge in [-0.3, -0.25) is 4.79 Å². The van der Waals surface area contributed by atoms with Crippen molar-refractivity contribution in [2.45, 2.75) is 30.8 Å². The van der Waals surface area contributed by atoms with Crippen LogP contribution in [0.2, 0.25) is 0 Å². The van der Waals surface area contributed by atoms with E-state index in [9.17, 15) is 9.18 Å². The minimum atomic E-state index is -0.526. The number of thioether (sulfide) groups is 1. The van der Waals surface area contributed by atoms with Gasteiger partial charge in [-0.15, -0.1) is 5.10 Å². The predicted molar refractivity (Wildman–Crippen MR) is 143 cm³/mol. The van der Waals surface area contributed by atoms with Crippen LogP contribution in [-0.2, 0) is 10.5 Å². The predicted octanol–water partition coefficient (Wildman–Crippen LogP) is 5.95. The van der Waals surface area contributed by atoms with Gasteiger partial charge in [0.05, 0.1) is 12.7 Å². The zero-order chi connectivity index (χ0) is 25.9. The second-order valence-electron chi connectivity index (χ2n) is 8.71. The third kappa shape index (κ3) is 5.22. The first-order valence-corrected chi connectivity index (χ1v) is 12.7. The second kappa shape index (κ2) is 10.5. The molecule has 0 bridgehead atoms. The van der Waals surface area contributed by atoms with Crippen molar-refractivity contribution in [2.24, 2.45) is 0 Å². The van der Waals surface area contributed by atoms with Gasteiger partial charge in [0, 0.05) is 17.1 Å². The van der Waals surface area contributed by atoms with Crippen molar-refractivity contribution in [3.8, 4) is 5.75 Å². The smallest absolute Gasteiger partial charge is 0.255 e. The van der Waals surface area contributed by atoms with Crippen molar-refractivity contribution in [3.05, 3.63) is 107 Å². The average molecular weight is 516 g/mol. The molecular formula is C28H26FN5O2S. The van der Waals surface area contributed by atoms with Crippen molar-refractivity contribution < 1.29 is 13.9 Å². The number of anilines is 2. The maximum atomic E-state index is 14.1. The van der Waals surface area contributed by atoms with Gasteiger partial charge in [0.15, 0.2) is 0 Å². The lowest BCUT2D eigenvalue weighted by Crippen LogP contribution is -2.31. The number of hydrogen-bond donors (Lipinski definition) is 2. The molecule has 4 aromatic rings. The number of aryl methyl sites for hydroxylation is 1. The summed E-state index contributed by atoms with van der Waals surface area (Å²) in [5.74, 6) is 1.11. The van der Waals surface area contributed by atoms with Crippen LogP contribution in [0.3, 0.4) is 0 Å². The monoisotopic (exact) mass is 515 g/mol. The number of ether oxygens (including phenoxy) is 1. The Balaban J connectivity index is 1.50. The quantitative estimate of drug-likeness (QED) is 0.296. The zero-order valence-electron chi connectivity index (χ0n) is 20.7. The minimum absolute atomic E-state index is 0.238. The molecule has 9 heteroatoms. The number of nitrogens with zero attached hydrogens (tertiary/aromatic N) is 3. The number of halogens is 1. The van der Waals surface area contributed by atoms with E-state index in [0.29, 0.717) is 45.1 Å². The molecule has 0 saturated carbocycles. The van der Waals surface area contributed by atoms with E-state index in [4.69, 9.17) is 9.84 Å². The van der Waals surface area contributed by atoms with Crippen LogP contribution in [0.1, 0.15) is 29.7 Å². The molecule has 37 heavy (non-hydrogen) atoms. The summed E-state index contributed by atoms with van der Waals surface area (Å²) in [7, 11) is 1.61. The molecule has 0 fully saturated rings. The number of carbonyl (C=O) groups excluding carboxylic acids is 1. The van der Waals surface area contributed by atoms with Gasteiger partial charge < -0.3 is 15.4 Å². The molecule has 1 unspecified atom stereocenters. The SMILES string of the molecule is COc1ccc(C2C(C(=O)Nc3cccc(C)c3)=C(C)Nc3nc(SCc4ccccc4F)nn32)cc1. The first-order valence-electron chi connectivity index (χ1n) is 11.8. The van der Waals surface area contributed by atoms with Crippen LogP contribution in [0.25, 0.3) is 0 Å². The normalized spacial score (nSPS) is 14.6. The fourth-order valence-corrected chi connectivity index (χ4v) is 5.08. The van der Waals surface area contributed by atoms with E-state index >= 15 is 0 Å². The minimum Gasteiger partial charge on any atom is -0.497 e. The Morgan fingerprint density at radius 1 is 1.11 bits per heavy atom. The van der Waals surface area contributed by atoms with Crippen LogP contribution in [0.4, 0.5) is 16.0 Å². The molecule has 188 valence electrons. The highest BCUT2D eigenvalue weighted by Gasteiger charge is 2.34. The third-order valence-electron chi connectivity index (χ3n) is 6.10. The molecule has 1 atom stereocenters. The molecule has 3 aromatic carbocycles. The van der Waals surface area contributed by atoms with Gasteiger partial charge in [0.1, 0.15) is 17.6 Å². The first-order chi connectivity index (χ1) is 17.9. The number of benzene rings is 3. The van der Waals surface area contributed by atoms with Gasteiger partial charge in [-0.1, -0.05) is 54.2 Å². The maximum absolute atomic E-state index is 14.1. The van der Waals surface area contributed by atoms with Gasteiger partial charge in [0.25, 0.3) is 5.91 Å². The lowest BCUT2D eigenvalue weighted by molar-refractivity contribution is -0.113. The molecule has 1 aliphatic heterocycles. The Bertz CT molecular complexity index is 1480. The Kier molecular flexibility index (Phi) is 6.96. The molecule has 0 radical (unpaired) electrons. The van der Waals surface area contributed by atoms with Gasteiger partial charge in [-0.2, -0.15) is 4.98 Å². The van der Waals surface area contributed by atoms with Crippen LogP contribution in [0, 0.1) is 12.7 Å². The average Bonchev–Trinajstić information content (AvgIpc) is 3.29. The largest absolute Gasteiger partial charge is 0.497 e. The highest BCUT2D eigenvalue weighted by atomic mass is 32.2. The molecule has 2 heterocycles. The fraction of sp³-hybridized carbons (Fsp3) is 0.179. The number of allylic oxidation sites excluding steroid dienone is 1. The Hall–Kier alpha value is -4.11. The van der Waals surface area contributed by atoms with Gasteiger partial charge in [-0.25, -0.2) is 9.07 Å². The van der Waals surface area contributed by atoms with Crippen molar-refractivity contribution >= 4 is 29.3 Å². The van der Waals surface area contributed by atoms with E-state index in [2.05, 4.69) is 15.6 Å². The number of fused-ring (bicyclic) bond motifs is 1. The molecule has 1 amide bonds. The van der Waals surface area contributed by atoms with Crippen molar-refractivity contribution in [2.75, 3.05) is 17.7 Å². The van der Waals surface area contributed by atoms with Crippen molar-refractivity contribution in [1.82, 2.24) is 14.8 Å². The summed E-state index contributed by atoms with van der Waals surface area (Å²) in [4.78, 5) is 18.3. The topological polar surface area (TPSA) is 81.1 Å². The number of hydrogen-bond acceptors (Lipinski definition) is 6. The summed E-state index contributed by atoms with van der Waals surface area (Å²) >= 11 is 1.34. The lowest BCUT2D eigenvalue weighted by Gasteiger charge is -2.28. The Morgan fingerprint density at radius 3 is 2.62 bits per heavy atom. The summed E-state index contributed by atoms with van der Waals surface area (Å²) < 4.78 is 21.2. The molecule has 0 saturated heterocycles. The van der Waals surface area contributed by atoms with Crippen LogP contribution in [0.15, 0.2) is 89.2 Å². The summed E-state index contributed by atoms with van der Waals surface area (Å²) in [5.41, 5.74) is 4.39. The molecule has 7 nitrogen and oxygen atoms in total. The molecular weight excluding hydrogens is 489 g/mol. The molecule has 0 aliphatic carbocycles. The molecule has 5 rings (SSSR count). The van der Waals surface area contributed by atoms with E-state index in [1.807, 2.05) is 62.4 Å². The van der Waals surface area contributed by atoms with Gasteiger partial charge in [-0.05, 0) is 60.9 Å². The van der Waals surface area contributed by atoms with Crippen LogP contribution in [0.5, 0.6) is 5.75 Å². The number of aromatic nitrogens is 3. The van der Waals surface area contributed by atoms with Gasteiger partial charge in [0.2, 0.25) is 11.1 Å². The van der Waals surface area contributed by atoms with E-state index in [1.54, 1.807) is 30.0 Å². The first kappa shape index (κ1) is 24.6. The summed E-state index contributed by atoms with van der Waals surface area (Å²) in [6.07, 6.45) is 0. The lowest BCUT2D eigenvalue weighted by atomic mass is 9.95. The highest BCUT2D eigenvalue weighted by Crippen LogP contribution is 2.37. The maximum Gasteiger partial charge on any atom is 0.255 e. The van der Waals surface area contributed by atoms with Crippen molar-refractivity contribution in [3.63, 3.8) is 0 Å². The van der Waals surface area contributed by atoms with Crippen LogP contribution >= 0.6 is 11.8 Å². The van der Waals surface area contributed by atoms with E-state index in [0.717, 1.165) is 11.1 Å². The van der Waals surface area contributed by atoms with Crippen LogP contribution in [-0.4, -0.2) is 27.8 Å². The van der Waals surface area contributed by atoms with Gasteiger partial charge >= 0.3 is 0 Å². The number of amides is 1. The number of carbonyl (C=O) groups is 1. The van der Waals surface area contributed by atoms with E-state index < -0.39 is 6.04 Å². The number of nitrogens with one attached hydrogen (secondary N) is 2. The third-order valence-corrected chi connectivity index (χ3v) is 6.99. The van der Waals surface area contributed by atoms with Crippen molar-refractivity contribution in [1.29, 1.82) is 0 Å². The summed E-state index contributed by atoms with van der Waals surface area (Å²) in [6, 6.07) is 21.3. The van der Waals surface area contributed by atoms with E-state index in [1.165, 1.54) is 17.8 Å². The molecule has 1 aromatic heterocycles. The number of rotatable bonds is 7. The Morgan fingerprint density at radius 2 is 1.89 bits per heavy atom. The zero-order valence-corrected chi connectivity index (χ0v) is 21.5. The molecule has 0 spiro atoms. The fourth-order valence-electron chi connectivity index (χ4n) is 4.26. The van der Waals surface area contributed by atoms with Crippen LogP contribution < -0.4 is 15.4 Å². The molecule has 1 aliphatic rings. The Labute approximate surface area is 218 Å².